The van der Waals surface area contributed by atoms with Gasteiger partial charge < -0.3 is 9.80 Å². The number of hydrogen-bond donors (Lipinski definition) is 0. The Bertz CT molecular complexity index is 1140. The quantitative estimate of drug-likeness (QED) is 0.771. The molecule has 5 rings (SSSR count). The molecule has 7 heteroatoms. The molecule has 0 N–H and O–H groups in total. The Morgan fingerprint density at radius 2 is 1.74 bits per heavy atom. The minimum absolute atomic E-state index is 0.220. The molecule has 7 nitrogen and oxygen atoms in total. The van der Waals surface area contributed by atoms with Gasteiger partial charge in [0, 0.05) is 18.9 Å². The Kier molecular flexibility index (Phi) is 4.36. The van der Waals surface area contributed by atoms with Gasteiger partial charge in [0.2, 0.25) is 5.96 Å². The predicted octanol–water partition coefficient (Wildman–Crippen LogP) is 3.45. The summed E-state index contributed by atoms with van der Waals surface area (Å²) in [6, 6.07) is 15.0. The molecule has 31 heavy (non-hydrogen) atoms. The molecule has 3 heterocycles. The lowest BCUT2D eigenvalue weighted by atomic mass is 10.1. The molecule has 0 radical (unpaired) electrons. The smallest absolute Gasteiger partial charge is 0.302 e. The maximum Gasteiger partial charge on any atom is 0.328 e. The van der Waals surface area contributed by atoms with Crippen LogP contribution in [0, 0.1) is 13.8 Å². The standard InChI is InChI=1S/C24H25N5O2/c1-15-10-11-19(16(2)12-15)29-17(3)13-27-20-21(25-23(27)29)26(4)24(31)28(22(20)30)14-18-8-6-5-7-9-18/h5-13,20-21H,14H2,1-4H3. The first kappa shape index (κ1) is 19.4. The lowest BCUT2D eigenvalue weighted by molar-refractivity contribution is -0.137. The number of anilines is 1. The van der Waals surface area contributed by atoms with Crippen molar-refractivity contribution in [1.82, 2.24) is 14.7 Å². The van der Waals surface area contributed by atoms with Gasteiger partial charge in [-0.25, -0.2) is 9.79 Å². The fourth-order valence-electron chi connectivity index (χ4n) is 4.62. The lowest BCUT2D eigenvalue weighted by Gasteiger charge is -2.40. The van der Waals surface area contributed by atoms with Gasteiger partial charge in [-0.1, -0.05) is 48.0 Å². The molecule has 2 unspecified atom stereocenters. The maximum absolute atomic E-state index is 13.5. The molecule has 0 aliphatic carbocycles. The number of amides is 3. The average Bonchev–Trinajstić information content (AvgIpc) is 3.26. The van der Waals surface area contributed by atoms with Crippen molar-refractivity contribution in [2.45, 2.75) is 39.5 Å². The van der Waals surface area contributed by atoms with E-state index in [1.807, 2.05) is 48.4 Å². The second-order valence-electron chi connectivity index (χ2n) is 8.39. The third-order valence-corrected chi connectivity index (χ3v) is 6.16. The van der Waals surface area contributed by atoms with Crippen LogP contribution in [0.1, 0.15) is 23.6 Å². The van der Waals surface area contributed by atoms with E-state index in [1.165, 1.54) is 10.5 Å². The molecule has 3 aliphatic heterocycles. The van der Waals surface area contributed by atoms with Gasteiger partial charge >= 0.3 is 6.03 Å². The molecular formula is C24H25N5O2. The van der Waals surface area contributed by atoms with Crippen LogP contribution >= 0.6 is 0 Å². The first-order valence-electron chi connectivity index (χ1n) is 10.4. The van der Waals surface area contributed by atoms with E-state index in [4.69, 9.17) is 4.99 Å². The first-order chi connectivity index (χ1) is 14.9. The molecule has 0 bridgehead atoms. The predicted molar refractivity (Wildman–Crippen MR) is 119 cm³/mol. The highest BCUT2D eigenvalue weighted by Crippen LogP contribution is 2.37. The van der Waals surface area contributed by atoms with E-state index >= 15 is 0 Å². The third-order valence-electron chi connectivity index (χ3n) is 6.16. The second-order valence-corrected chi connectivity index (χ2v) is 8.39. The van der Waals surface area contributed by atoms with Gasteiger partial charge in [-0.3, -0.25) is 14.6 Å². The Balaban J connectivity index is 1.50. The number of likely N-dealkylation sites (N-methyl/N-ethyl adjacent to an activating group) is 1. The summed E-state index contributed by atoms with van der Waals surface area (Å²) in [5, 5.41) is 0. The maximum atomic E-state index is 13.5. The van der Waals surface area contributed by atoms with Crippen molar-refractivity contribution in [3.05, 3.63) is 77.1 Å². The fourth-order valence-corrected chi connectivity index (χ4v) is 4.62. The summed E-state index contributed by atoms with van der Waals surface area (Å²) in [4.78, 5) is 38.2. The van der Waals surface area contributed by atoms with Crippen LogP contribution in [0.4, 0.5) is 10.5 Å². The summed E-state index contributed by atoms with van der Waals surface area (Å²) in [6.45, 7) is 6.40. The van der Waals surface area contributed by atoms with Crippen molar-refractivity contribution in [3.63, 3.8) is 0 Å². The normalized spacial score (nSPS) is 22.6. The van der Waals surface area contributed by atoms with Crippen molar-refractivity contribution in [2.75, 3.05) is 11.9 Å². The molecule has 158 valence electrons. The Morgan fingerprint density at radius 1 is 1.00 bits per heavy atom. The van der Waals surface area contributed by atoms with Crippen LogP contribution in [0.5, 0.6) is 0 Å². The van der Waals surface area contributed by atoms with Gasteiger partial charge in [0.15, 0.2) is 12.2 Å². The number of aryl methyl sites for hydroxylation is 2. The van der Waals surface area contributed by atoms with Crippen molar-refractivity contribution in [3.8, 4) is 0 Å². The molecule has 1 saturated heterocycles. The number of nitrogens with zero attached hydrogens (tertiary/aromatic N) is 5. The molecule has 2 aromatic rings. The summed E-state index contributed by atoms with van der Waals surface area (Å²) >= 11 is 0. The van der Waals surface area contributed by atoms with Crippen molar-refractivity contribution >= 4 is 23.6 Å². The summed E-state index contributed by atoms with van der Waals surface area (Å²) in [5.74, 6) is 0.469. The van der Waals surface area contributed by atoms with E-state index in [2.05, 4.69) is 36.9 Å². The van der Waals surface area contributed by atoms with E-state index in [-0.39, 0.29) is 18.5 Å². The van der Waals surface area contributed by atoms with E-state index in [9.17, 15) is 9.59 Å². The number of carbonyl (C=O) groups is 2. The molecule has 0 saturated carbocycles. The Hall–Kier alpha value is -3.61. The average molecular weight is 415 g/mol. The zero-order valence-electron chi connectivity index (χ0n) is 18.1. The summed E-state index contributed by atoms with van der Waals surface area (Å²) < 4.78 is 0. The van der Waals surface area contributed by atoms with Crippen LogP contribution in [0.15, 0.2) is 65.4 Å². The van der Waals surface area contributed by atoms with Crippen LogP contribution in [0.2, 0.25) is 0 Å². The molecule has 3 aliphatic rings. The van der Waals surface area contributed by atoms with Gasteiger partial charge in [0.25, 0.3) is 5.91 Å². The summed E-state index contributed by atoms with van der Waals surface area (Å²) in [6.07, 6.45) is 1.42. The monoisotopic (exact) mass is 415 g/mol. The Morgan fingerprint density at radius 3 is 2.45 bits per heavy atom. The summed E-state index contributed by atoms with van der Waals surface area (Å²) in [7, 11) is 1.72. The molecule has 2 atom stereocenters. The lowest BCUT2D eigenvalue weighted by Crippen LogP contribution is -2.63. The minimum atomic E-state index is -0.563. The number of rotatable bonds is 3. The highest BCUT2D eigenvalue weighted by atomic mass is 16.2. The number of allylic oxidation sites excluding steroid dienone is 1. The van der Waals surface area contributed by atoms with Crippen molar-refractivity contribution < 1.29 is 9.59 Å². The zero-order chi connectivity index (χ0) is 21.9. The molecular weight excluding hydrogens is 390 g/mol. The largest absolute Gasteiger partial charge is 0.328 e. The van der Waals surface area contributed by atoms with Crippen molar-refractivity contribution in [1.29, 1.82) is 0 Å². The van der Waals surface area contributed by atoms with Gasteiger partial charge in [-0.15, -0.1) is 0 Å². The van der Waals surface area contributed by atoms with Crippen molar-refractivity contribution in [2.24, 2.45) is 4.99 Å². The topological polar surface area (TPSA) is 59.5 Å². The minimum Gasteiger partial charge on any atom is -0.302 e. The number of aliphatic imine (C=N–C) groups is 1. The number of guanidine groups is 1. The van der Waals surface area contributed by atoms with E-state index < -0.39 is 12.2 Å². The molecule has 0 aromatic heterocycles. The van der Waals surface area contributed by atoms with Gasteiger partial charge in [0.05, 0.1) is 12.2 Å². The molecule has 2 aromatic carbocycles. The number of fused-ring (bicyclic) bond motifs is 3. The van der Waals surface area contributed by atoms with E-state index in [0.717, 1.165) is 22.5 Å². The van der Waals surface area contributed by atoms with Gasteiger partial charge in [0.1, 0.15) is 0 Å². The zero-order valence-corrected chi connectivity index (χ0v) is 18.1. The molecule has 0 spiro atoms. The summed E-state index contributed by atoms with van der Waals surface area (Å²) in [5.41, 5.74) is 5.26. The number of benzene rings is 2. The van der Waals surface area contributed by atoms with Crippen LogP contribution in [-0.2, 0) is 11.3 Å². The fraction of sp³-hybridized carbons (Fsp3) is 0.292. The highest BCUT2D eigenvalue weighted by Gasteiger charge is 2.54. The van der Waals surface area contributed by atoms with Crippen LogP contribution in [-0.4, -0.2) is 51.9 Å². The van der Waals surface area contributed by atoms with Gasteiger partial charge in [-0.2, -0.15) is 0 Å². The second kappa shape index (κ2) is 6.97. The number of hydrogen-bond acceptors (Lipinski definition) is 5. The number of urea groups is 1. The van der Waals surface area contributed by atoms with E-state index in [1.54, 1.807) is 11.9 Å². The Labute approximate surface area is 181 Å². The number of imide groups is 1. The van der Waals surface area contributed by atoms with Gasteiger partial charge in [-0.05, 0) is 38.0 Å². The third kappa shape index (κ3) is 2.91. The first-order valence-corrected chi connectivity index (χ1v) is 10.4. The molecule has 3 amide bonds. The highest BCUT2D eigenvalue weighted by molar-refractivity contribution is 6.10. The van der Waals surface area contributed by atoms with Crippen LogP contribution < -0.4 is 4.90 Å². The van der Waals surface area contributed by atoms with Crippen LogP contribution in [0.25, 0.3) is 0 Å². The molecule has 1 fully saturated rings. The van der Waals surface area contributed by atoms with Crippen LogP contribution in [0.3, 0.4) is 0 Å². The van der Waals surface area contributed by atoms with E-state index in [0.29, 0.717) is 5.96 Å². The SMILES string of the molecule is CC1=CN2C(=NC3C2C(=O)N(Cc2ccccc2)C(=O)N3C)N1c1ccc(C)cc1C. The number of carbonyl (C=O) groups excluding carboxylic acids is 2.